The van der Waals surface area contributed by atoms with E-state index in [4.69, 9.17) is 5.73 Å². The number of nitrogens with zero attached hydrogens (tertiary/aromatic N) is 1. The van der Waals surface area contributed by atoms with Crippen LogP contribution in [0.15, 0.2) is 18.2 Å². The van der Waals surface area contributed by atoms with Crippen molar-refractivity contribution in [1.82, 2.24) is 9.97 Å². The largest absolute Gasteiger partial charge is 0.342 e. The van der Waals surface area contributed by atoms with E-state index in [0.29, 0.717) is 0 Å². The minimum absolute atomic E-state index is 0.226. The zero-order valence-electron chi connectivity index (χ0n) is 9.88. The Labute approximate surface area is 100 Å². The summed E-state index contributed by atoms with van der Waals surface area (Å²) in [5.74, 6) is 0.717. The SMILES string of the molecule is NCCCCCCc1nc2ccc(F)cc2[nH]1. The van der Waals surface area contributed by atoms with E-state index in [1.807, 2.05) is 0 Å². The summed E-state index contributed by atoms with van der Waals surface area (Å²) in [5, 5.41) is 0. The van der Waals surface area contributed by atoms with Crippen molar-refractivity contribution in [3.63, 3.8) is 0 Å². The Morgan fingerprint density at radius 3 is 2.82 bits per heavy atom. The summed E-state index contributed by atoms with van der Waals surface area (Å²) in [7, 11) is 0. The molecule has 0 radical (unpaired) electrons. The third-order valence-corrected chi connectivity index (χ3v) is 2.86. The van der Waals surface area contributed by atoms with Crippen molar-refractivity contribution in [2.45, 2.75) is 32.1 Å². The summed E-state index contributed by atoms with van der Waals surface area (Å²) in [6, 6.07) is 4.63. The predicted octanol–water partition coefficient (Wildman–Crippen LogP) is 2.76. The van der Waals surface area contributed by atoms with Gasteiger partial charge in [0.25, 0.3) is 0 Å². The van der Waals surface area contributed by atoms with Crippen LogP contribution in [-0.2, 0) is 6.42 Å². The van der Waals surface area contributed by atoms with Crippen LogP contribution in [0.2, 0.25) is 0 Å². The number of rotatable bonds is 6. The van der Waals surface area contributed by atoms with E-state index in [1.54, 1.807) is 6.07 Å². The summed E-state index contributed by atoms with van der Waals surface area (Å²) in [4.78, 5) is 7.58. The lowest BCUT2D eigenvalue weighted by Crippen LogP contribution is -1.98. The first-order chi connectivity index (χ1) is 8.29. The standard InChI is InChI=1S/C13H18FN3/c14-10-6-7-11-12(9-10)17-13(16-11)5-3-1-2-4-8-15/h6-7,9H,1-5,8,15H2,(H,16,17). The molecule has 0 fully saturated rings. The molecule has 4 heteroatoms. The van der Waals surface area contributed by atoms with Gasteiger partial charge in [0.15, 0.2) is 0 Å². The third-order valence-electron chi connectivity index (χ3n) is 2.86. The van der Waals surface area contributed by atoms with Gasteiger partial charge in [0.1, 0.15) is 11.6 Å². The monoisotopic (exact) mass is 235 g/mol. The number of fused-ring (bicyclic) bond motifs is 1. The number of aromatic nitrogens is 2. The highest BCUT2D eigenvalue weighted by molar-refractivity contribution is 5.74. The molecule has 0 saturated carbocycles. The van der Waals surface area contributed by atoms with Crippen LogP contribution in [0, 0.1) is 5.82 Å². The van der Waals surface area contributed by atoms with Crippen molar-refractivity contribution < 1.29 is 4.39 Å². The second-order valence-corrected chi connectivity index (χ2v) is 4.30. The molecule has 1 heterocycles. The molecule has 17 heavy (non-hydrogen) atoms. The zero-order valence-corrected chi connectivity index (χ0v) is 9.88. The molecule has 92 valence electrons. The van der Waals surface area contributed by atoms with Gasteiger partial charge < -0.3 is 10.7 Å². The topological polar surface area (TPSA) is 54.7 Å². The fourth-order valence-electron chi connectivity index (χ4n) is 1.94. The van der Waals surface area contributed by atoms with E-state index < -0.39 is 0 Å². The zero-order chi connectivity index (χ0) is 12.1. The van der Waals surface area contributed by atoms with Crippen LogP contribution >= 0.6 is 0 Å². The number of nitrogens with one attached hydrogen (secondary N) is 1. The number of unbranched alkanes of at least 4 members (excludes halogenated alkanes) is 3. The molecule has 0 aliphatic heterocycles. The molecular formula is C13H18FN3. The van der Waals surface area contributed by atoms with Gasteiger partial charge >= 0.3 is 0 Å². The Hall–Kier alpha value is -1.42. The van der Waals surface area contributed by atoms with Crippen molar-refractivity contribution in [2.75, 3.05) is 6.54 Å². The van der Waals surface area contributed by atoms with E-state index in [9.17, 15) is 4.39 Å². The molecule has 2 rings (SSSR count). The molecule has 3 nitrogen and oxygen atoms in total. The molecule has 0 aliphatic carbocycles. The van der Waals surface area contributed by atoms with Gasteiger partial charge in [0, 0.05) is 6.42 Å². The average molecular weight is 235 g/mol. The minimum atomic E-state index is -0.226. The van der Waals surface area contributed by atoms with Crippen LogP contribution < -0.4 is 5.73 Å². The van der Waals surface area contributed by atoms with Crippen molar-refractivity contribution in [1.29, 1.82) is 0 Å². The maximum Gasteiger partial charge on any atom is 0.125 e. The van der Waals surface area contributed by atoms with Gasteiger partial charge in [0.05, 0.1) is 11.0 Å². The van der Waals surface area contributed by atoms with E-state index in [2.05, 4.69) is 9.97 Å². The molecule has 3 N–H and O–H groups in total. The molecule has 2 aromatic rings. The summed E-state index contributed by atoms with van der Waals surface area (Å²) in [5.41, 5.74) is 7.05. The first-order valence-corrected chi connectivity index (χ1v) is 6.14. The van der Waals surface area contributed by atoms with Crippen LogP contribution in [0.3, 0.4) is 0 Å². The predicted molar refractivity (Wildman–Crippen MR) is 67.3 cm³/mol. The van der Waals surface area contributed by atoms with Crippen LogP contribution in [0.1, 0.15) is 31.5 Å². The number of imidazole rings is 1. The van der Waals surface area contributed by atoms with Crippen LogP contribution in [-0.4, -0.2) is 16.5 Å². The van der Waals surface area contributed by atoms with Crippen molar-refractivity contribution in [3.05, 3.63) is 29.8 Å². The van der Waals surface area contributed by atoms with E-state index >= 15 is 0 Å². The van der Waals surface area contributed by atoms with Gasteiger partial charge in [-0.1, -0.05) is 12.8 Å². The number of H-pyrrole nitrogens is 1. The molecule has 0 bridgehead atoms. The Kier molecular flexibility index (Phi) is 4.09. The Morgan fingerprint density at radius 1 is 1.18 bits per heavy atom. The van der Waals surface area contributed by atoms with E-state index in [0.717, 1.165) is 42.7 Å². The minimum Gasteiger partial charge on any atom is -0.342 e. The molecule has 0 unspecified atom stereocenters. The lowest BCUT2D eigenvalue weighted by atomic mass is 10.1. The smallest absolute Gasteiger partial charge is 0.125 e. The molecule has 1 aromatic carbocycles. The highest BCUT2D eigenvalue weighted by atomic mass is 19.1. The normalized spacial score (nSPS) is 11.2. The molecule has 0 amide bonds. The number of aromatic amines is 1. The second kappa shape index (κ2) is 5.77. The maximum atomic E-state index is 13.0. The van der Waals surface area contributed by atoms with Gasteiger partial charge in [0.2, 0.25) is 0 Å². The van der Waals surface area contributed by atoms with Gasteiger partial charge in [-0.05, 0) is 37.6 Å². The number of hydrogen-bond acceptors (Lipinski definition) is 2. The highest BCUT2D eigenvalue weighted by Gasteiger charge is 2.03. The van der Waals surface area contributed by atoms with E-state index in [1.165, 1.54) is 25.0 Å². The molecule has 0 saturated heterocycles. The van der Waals surface area contributed by atoms with Crippen molar-refractivity contribution in [3.8, 4) is 0 Å². The number of halogens is 1. The second-order valence-electron chi connectivity index (χ2n) is 4.30. The Morgan fingerprint density at radius 2 is 2.00 bits per heavy atom. The van der Waals surface area contributed by atoms with Crippen molar-refractivity contribution in [2.24, 2.45) is 5.73 Å². The number of benzene rings is 1. The quantitative estimate of drug-likeness (QED) is 0.756. The number of hydrogen-bond donors (Lipinski definition) is 2. The first kappa shape index (κ1) is 12.0. The van der Waals surface area contributed by atoms with Crippen LogP contribution in [0.5, 0.6) is 0 Å². The van der Waals surface area contributed by atoms with E-state index in [-0.39, 0.29) is 5.82 Å². The summed E-state index contributed by atoms with van der Waals surface area (Å²) in [6.45, 7) is 0.768. The fraction of sp³-hybridized carbons (Fsp3) is 0.462. The Bertz CT molecular complexity index is 478. The lowest BCUT2D eigenvalue weighted by molar-refractivity contribution is 0.629. The van der Waals surface area contributed by atoms with Crippen LogP contribution in [0.4, 0.5) is 4.39 Å². The average Bonchev–Trinajstić information content (AvgIpc) is 2.70. The van der Waals surface area contributed by atoms with Crippen LogP contribution in [0.25, 0.3) is 11.0 Å². The lowest BCUT2D eigenvalue weighted by Gasteiger charge is -1.97. The molecule has 0 aliphatic rings. The van der Waals surface area contributed by atoms with Gasteiger partial charge in [-0.3, -0.25) is 0 Å². The molecule has 0 spiro atoms. The summed E-state index contributed by atoms with van der Waals surface area (Å²) >= 11 is 0. The number of nitrogens with two attached hydrogens (primary N) is 1. The third kappa shape index (κ3) is 3.27. The Balaban J connectivity index is 1.91. The maximum absolute atomic E-state index is 13.0. The molecule has 0 atom stereocenters. The summed E-state index contributed by atoms with van der Waals surface area (Å²) in [6.07, 6.45) is 5.45. The van der Waals surface area contributed by atoms with Crippen molar-refractivity contribution >= 4 is 11.0 Å². The van der Waals surface area contributed by atoms with Gasteiger partial charge in [-0.15, -0.1) is 0 Å². The highest BCUT2D eigenvalue weighted by Crippen LogP contribution is 2.14. The van der Waals surface area contributed by atoms with Gasteiger partial charge in [-0.2, -0.15) is 0 Å². The summed E-state index contributed by atoms with van der Waals surface area (Å²) < 4.78 is 13.0. The number of aryl methyl sites for hydroxylation is 1. The molecular weight excluding hydrogens is 217 g/mol. The molecule has 1 aromatic heterocycles. The van der Waals surface area contributed by atoms with Gasteiger partial charge in [-0.25, -0.2) is 9.37 Å². The first-order valence-electron chi connectivity index (χ1n) is 6.14. The fourth-order valence-corrected chi connectivity index (χ4v) is 1.94.